The third kappa shape index (κ3) is 1.44. The molecule has 0 aliphatic carbocycles. The fourth-order valence-corrected chi connectivity index (χ4v) is 1.55. The summed E-state index contributed by atoms with van der Waals surface area (Å²) in [5, 5.41) is 0.0431. The second-order valence-corrected chi connectivity index (χ2v) is 3.59. The van der Waals surface area contributed by atoms with Gasteiger partial charge in [-0.25, -0.2) is 0 Å². The van der Waals surface area contributed by atoms with Crippen molar-refractivity contribution < 1.29 is 0 Å². The lowest BCUT2D eigenvalue weighted by molar-refractivity contribution is 0.862. The van der Waals surface area contributed by atoms with Crippen LogP contribution in [-0.4, -0.2) is 4.57 Å². The molecule has 0 aliphatic rings. The van der Waals surface area contributed by atoms with Gasteiger partial charge in [-0.1, -0.05) is 46.4 Å². The van der Waals surface area contributed by atoms with Crippen molar-refractivity contribution in [2.75, 3.05) is 0 Å². The molecule has 0 spiro atoms. The second-order valence-electron chi connectivity index (χ2n) is 2.10. The lowest BCUT2D eigenvalue weighted by Gasteiger charge is -2.05. The van der Waals surface area contributed by atoms with E-state index in [1.165, 1.54) is 7.05 Å². The minimum Gasteiger partial charge on any atom is -0.300 e. The highest BCUT2D eigenvalue weighted by Gasteiger charge is 2.14. The van der Waals surface area contributed by atoms with E-state index in [-0.39, 0.29) is 20.2 Å². The second kappa shape index (κ2) is 3.46. The van der Waals surface area contributed by atoms with Crippen molar-refractivity contribution in [2.24, 2.45) is 7.05 Å². The Hall–Kier alpha value is 0.110. The molecule has 0 N–H and O–H groups in total. The van der Waals surface area contributed by atoms with Crippen LogP contribution in [0.25, 0.3) is 0 Å². The highest BCUT2D eigenvalue weighted by molar-refractivity contribution is 6.51. The third-order valence-corrected chi connectivity index (χ3v) is 3.18. The Morgan fingerprint density at radius 3 is 2.00 bits per heavy atom. The number of hydrogen-bond donors (Lipinski definition) is 0. The number of aromatic nitrogens is 1. The van der Waals surface area contributed by atoms with Crippen LogP contribution in [0.15, 0.2) is 4.79 Å². The van der Waals surface area contributed by atoms with E-state index in [9.17, 15) is 4.79 Å². The van der Waals surface area contributed by atoms with Crippen LogP contribution in [0.4, 0.5) is 0 Å². The summed E-state index contributed by atoms with van der Waals surface area (Å²) in [5.41, 5.74) is -0.462. The van der Waals surface area contributed by atoms with Crippen LogP contribution < -0.4 is 5.56 Å². The molecule has 0 radical (unpaired) electrons. The summed E-state index contributed by atoms with van der Waals surface area (Å²) in [6.07, 6.45) is 0. The minimum absolute atomic E-state index is 0.00793. The first-order chi connectivity index (χ1) is 5.46. The van der Waals surface area contributed by atoms with Crippen LogP contribution in [0.2, 0.25) is 20.2 Å². The smallest absolute Gasteiger partial charge is 0.271 e. The van der Waals surface area contributed by atoms with Crippen molar-refractivity contribution in [3.63, 3.8) is 0 Å². The molecular formula is C6H3Cl4NO. The Balaban J connectivity index is 3.73. The fraction of sp³-hybridized carbons (Fsp3) is 0.167. The van der Waals surface area contributed by atoms with Gasteiger partial charge in [0, 0.05) is 7.05 Å². The number of rotatable bonds is 0. The first-order valence-corrected chi connectivity index (χ1v) is 4.37. The molecule has 1 rings (SSSR count). The number of nitrogens with zero attached hydrogens (tertiary/aromatic N) is 1. The number of halogens is 4. The van der Waals surface area contributed by atoms with Crippen molar-refractivity contribution in [1.29, 1.82) is 0 Å². The topological polar surface area (TPSA) is 22.0 Å². The molecule has 66 valence electrons. The Kier molecular flexibility index (Phi) is 2.94. The summed E-state index contributed by atoms with van der Waals surface area (Å²) < 4.78 is 1.12. The number of hydrogen-bond acceptors (Lipinski definition) is 1. The summed E-state index contributed by atoms with van der Waals surface area (Å²) in [7, 11) is 1.46. The van der Waals surface area contributed by atoms with Gasteiger partial charge in [0.05, 0.1) is 10.0 Å². The summed E-state index contributed by atoms with van der Waals surface area (Å²) in [5.74, 6) is 0. The van der Waals surface area contributed by atoms with Crippen LogP contribution in [0.3, 0.4) is 0 Å². The molecule has 0 saturated carbocycles. The maximum Gasteiger partial charge on any atom is 0.271 e. The van der Waals surface area contributed by atoms with Gasteiger partial charge in [0.15, 0.2) is 0 Å². The molecule has 0 saturated heterocycles. The van der Waals surface area contributed by atoms with Crippen molar-refractivity contribution in [2.45, 2.75) is 0 Å². The van der Waals surface area contributed by atoms with Gasteiger partial charge >= 0.3 is 0 Å². The maximum atomic E-state index is 11.2. The van der Waals surface area contributed by atoms with E-state index in [1.807, 2.05) is 0 Å². The molecule has 0 amide bonds. The van der Waals surface area contributed by atoms with Crippen LogP contribution in [-0.2, 0) is 7.05 Å². The quantitative estimate of drug-likeness (QED) is 0.646. The molecule has 1 aromatic heterocycles. The first-order valence-electron chi connectivity index (χ1n) is 2.85. The molecule has 1 heterocycles. The molecule has 0 fully saturated rings. The maximum absolute atomic E-state index is 11.2. The zero-order valence-corrected chi connectivity index (χ0v) is 8.89. The van der Waals surface area contributed by atoms with Crippen molar-refractivity contribution >= 4 is 46.4 Å². The van der Waals surface area contributed by atoms with Crippen LogP contribution in [0, 0.1) is 0 Å². The van der Waals surface area contributed by atoms with E-state index in [0.717, 1.165) is 4.57 Å². The predicted octanol–water partition coefficient (Wildman–Crippen LogP) is 3.00. The van der Waals surface area contributed by atoms with Crippen LogP contribution >= 0.6 is 46.4 Å². The summed E-state index contributed by atoms with van der Waals surface area (Å²) in [6.45, 7) is 0. The van der Waals surface area contributed by atoms with E-state index in [1.54, 1.807) is 0 Å². The zero-order chi connectivity index (χ0) is 9.46. The Morgan fingerprint density at radius 2 is 1.50 bits per heavy atom. The number of pyridine rings is 1. The van der Waals surface area contributed by atoms with E-state index in [2.05, 4.69) is 0 Å². The molecule has 0 unspecified atom stereocenters. The largest absolute Gasteiger partial charge is 0.300 e. The molecule has 12 heavy (non-hydrogen) atoms. The van der Waals surface area contributed by atoms with E-state index < -0.39 is 5.56 Å². The van der Waals surface area contributed by atoms with Gasteiger partial charge in [-0.15, -0.1) is 0 Å². The van der Waals surface area contributed by atoms with Crippen molar-refractivity contribution in [1.82, 2.24) is 4.57 Å². The zero-order valence-electron chi connectivity index (χ0n) is 5.87. The molecule has 6 heteroatoms. The van der Waals surface area contributed by atoms with Gasteiger partial charge in [0.25, 0.3) is 5.56 Å². The SMILES string of the molecule is Cn1c(Cl)c(Cl)c(Cl)c(Cl)c1=O. The molecule has 1 aromatic rings. The van der Waals surface area contributed by atoms with E-state index >= 15 is 0 Å². The molecule has 0 bridgehead atoms. The summed E-state index contributed by atoms with van der Waals surface area (Å²) in [6, 6.07) is 0. The van der Waals surface area contributed by atoms with Gasteiger partial charge in [0.1, 0.15) is 10.2 Å². The molecule has 0 aliphatic heterocycles. The first kappa shape index (κ1) is 10.2. The Labute approximate surface area is 88.6 Å². The van der Waals surface area contributed by atoms with Crippen molar-refractivity contribution in [3.8, 4) is 0 Å². The van der Waals surface area contributed by atoms with Crippen LogP contribution in [0.1, 0.15) is 0 Å². The van der Waals surface area contributed by atoms with Gasteiger partial charge in [-0.2, -0.15) is 0 Å². The van der Waals surface area contributed by atoms with Crippen molar-refractivity contribution in [3.05, 3.63) is 30.6 Å². The lowest BCUT2D eigenvalue weighted by Crippen LogP contribution is -2.18. The normalized spacial score (nSPS) is 10.4. The van der Waals surface area contributed by atoms with E-state index in [4.69, 9.17) is 46.4 Å². The monoisotopic (exact) mass is 245 g/mol. The highest BCUT2D eigenvalue weighted by Crippen LogP contribution is 2.32. The van der Waals surface area contributed by atoms with Gasteiger partial charge in [-0.05, 0) is 0 Å². The Bertz CT molecular complexity index is 352. The molecule has 0 aromatic carbocycles. The van der Waals surface area contributed by atoms with E-state index in [0.29, 0.717) is 0 Å². The highest BCUT2D eigenvalue weighted by atomic mass is 35.5. The summed E-state index contributed by atoms with van der Waals surface area (Å²) in [4.78, 5) is 11.2. The molecular weight excluding hydrogens is 244 g/mol. The Morgan fingerprint density at radius 1 is 1.00 bits per heavy atom. The summed E-state index contributed by atoms with van der Waals surface area (Å²) >= 11 is 22.5. The van der Waals surface area contributed by atoms with Gasteiger partial charge in [-0.3, -0.25) is 9.36 Å². The minimum atomic E-state index is -0.462. The molecule has 0 atom stereocenters. The molecule has 2 nitrogen and oxygen atoms in total. The van der Waals surface area contributed by atoms with Gasteiger partial charge < -0.3 is 0 Å². The van der Waals surface area contributed by atoms with Crippen LogP contribution in [0.5, 0.6) is 0 Å². The fourth-order valence-electron chi connectivity index (χ4n) is 0.664. The third-order valence-electron chi connectivity index (χ3n) is 1.35. The predicted molar refractivity (Wildman–Crippen MR) is 51.7 cm³/mol. The average molecular weight is 247 g/mol. The lowest BCUT2D eigenvalue weighted by atomic mass is 10.5. The average Bonchev–Trinajstić information content (AvgIpc) is 2.08. The standard InChI is InChI=1S/C6H3Cl4NO/c1-11-5(10)3(8)2(7)4(9)6(11)12/h1H3. The van der Waals surface area contributed by atoms with Gasteiger partial charge in [0.2, 0.25) is 0 Å².